The Hall–Kier alpha value is -2.93. The van der Waals surface area contributed by atoms with Gasteiger partial charge in [0.05, 0.1) is 11.9 Å². The summed E-state index contributed by atoms with van der Waals surface area (Å²) in [6, 6.07) is 10.6. The zero-order valence-corrected chi connectivity index (χ0v) is 17.1. The number of aromatic hydroxyl groups is 1. The molecule has 3 aromatic rings. The van der Waals surface area contributed by atoms with Crippen LogP contribution in [-0.4, -0.2) is 38.9 Å². The van der Waals surface area contributed by atoms with E-state index in [4.69, 9.17) is 4.42 Å². The summed E-state index contributed by atoms with van der Waals surface area (Å²) >= 11 is 0. The molecular formula is C23H27N5O2. The van der Waals surface area contributed by atoms with E-state index in [9.17, 15) is 5.11 Å². The second-order valence-electron chi connectivity index (χ2n) is 8.49. The van der Waals surface area contributed by atoms with Crippen molar-refractivity contribution in [1.29, 1.82) is 0 Å². The van der Waals surface area contributed by atoms with Crippen LogP contribution in [0, 0.1) is 12.8 Å². The van der Waals surface area contributed by atoms with Crippen LogP contribution in [0.4, 0.5) is 5.82 Å². The van der Waals surface area contributed by atoms with Gasteiger partial charge in [0.1, 0.15) is 11.6 Å². The molecule has 2 aromatic heterocycles. The molecule has 3 N–H and O–H groups in total. The number of hydrogen-bond donors (Lipinski definition) is 3. The number of fused-ring (bicyclic) bond motifs is 2. The van der Waals surface area contributed by atoms with Gasteiger partial charge in [0.15, 0.2) is 11.7 Å². The highest BCUT2D eigenvalue weighted by Gasteiger charge is 2.30. The van der Waals surface area contributed by atoms with Crippen LogP contribution in [0.2, 0.25) is 0 Å². The first-order chi connectivity index (χ1) is 14.6. The van der Waals surface area contributed by atoms with Gasteiger partial charge in [-0.2, -0.15) is 0 Å². The molecule has 7 nitrogen and oxygen atoms in total. The Labute approximate surface area is 175 Å². The molecule has 2 unspecified atom stereocenters. The summed E-state index contributed by atoms with van der Waals surface area (Å²) in [6.45, 7) is 2.72. The van der Waals surface area contributed by atoms with Gasteiger partial charge < -0.3 is 20.2 Å². The number of piperidine rings is 2. The molecule has 7 heteroatoms. The number of benzene rings is 1. The highest BCUT2D eigenvalue weighted by molar-refractivity contribution is 5.72. The predicted molar refractivity (Wildman–Crippen MR) is 115 cm³/mol. The summed E-state index contributed by atoms with van der Waals surface area (Å²) in [5.41, 5.74) is 2.05. The first-order valence-electron chi connectivity index (χ1n) is 10.7. The molecule has 2 fully saturated rings. The van der Waals surface area contributed by atoms with Crippen molar-refractivity contribution in [2.45, 2.75) is 51.1 Å². The molecule has 0 aliphatic carbocycles. The number of aryl methyl sites for hydroxylation is 1. The van der Waals surface area contributed by atoms with Crippen LogP contribution < -0.4 is 10.6 Å². The first-order valence-corrected chi connectivity index (χ1v) is 10.7. The summed E-state index contributed by atoms with van der Waals surface area (Å²) in [4.78, 5) is 4.10. The largest absolute Gasteiger partial charge is 0.507 e. The van der Waals surface area contributed by atoms with E-state index in [0.29, 0.717) is 40.9 Å². The minimum Gasteiger partial charge on any atom is -0.507 e. The van der Waals surface area contributed by atoms with E-state index < -0.39 is 0 Å². The number of anilines is 1. The van der Waals surface area contributed by atoms with Gasteiger partial charge in [0, 0.05) is 36.7 Å². The molecule has 0 spiro atoms. The van der Waals surface area contributed by atoms with Crippen LogP contribution in [0.3, 0.4) is 0 Å². The van der Waals surface area contributed by atoms with Gasteiger partial charge in [-0.15, -0.1) is 10.2 Å². The highest BCUT2D eigenvalue weighted by Crippen LogP contribution is 2.33. The Morgan fingerprint density at radius 2 is 1.97 bits per heavy atom. The smallest absolute Gasteiger partial charge is 0.191 e. The van der Waals surface area contributed by atoms with Crippen LogP contribution in [0.1, 0.15) is 38.0 Å². The molecule has 1 aromatic carbocycles. The van der Waals surface area contributed by atoms with Crippen molar-refractivity contribution in [3.8, 4) is 28.3 Å². The second-order valence-corrected chi connectivity index (χ2v) is 8.49. The van der Waals surface area contributed by atoms with Crippen molar-refractivity contribution in [1.82, 2.24) is 20.5 Å². The number of phenolic OH excluding ortho intramolecular Hbond substituents is 1. The second kappa shape index (κ2) is 8.07. The molecule has 0 saturated carbocycles. The van der Waals surface area contributed by atoms with Gasteiger partial charge in [-0.05, 0) is 55.9 Å². The van der Waals surface area contributed by atoms with E-state index in [-0.39, 0.29) is 5.75 Å². The molecule has 2 atom stereocenters. The molecule has 4 heterocycles. The van der Waals surface area contributed by atoms with E-state index in [1.54, 1.807) is 19.2 Å². The molecule has 5 rings (SSSR count). The van der Waals surface area contributed by atoms with Gasteiger partial charge in [-0.25, -0.2) is 4.98 Å². The molecule has 2 saturated heterocycles. The van der Waals surface area contributed by atoms with E-state index in [0.717, 1.165) is 17.9 Å². The minimum absolute atomic E-state index is 0.137. The van der Waals surface area contributed by atoms with Crippen molar-refractivity contribution in [3.63, 3.8) is 0 Å². The Kier molecular flexibility index (Phi) is 5.12. The number of rotatable bonds is 5. The Morgan fingerprint density at radius 1 is 1.13 bits per heavy atom. The van der Waals surface area contributed by atoms with E-state index in [1.807, 2.05) is 24.3 Å². The summed E-state index contributed by atoms with van der Waals surface area (Å²) < 4.78 is 5.52. The van der Waals surface area contributed by atoms with E-state index in [1.165, 1.54) is 32.1 Å². The lowest BCUT2D eigenvalue weighted by atomic mass is 9.80. The fraction of sp³-hybridized carbons (Fsp3) is 0.435. The summed E-state index contributed by atoms with van der Waals surface area (Å²) in [5.74, 6) is 2.81. The van der Waals surface area contributed by atoms with Crippen LogP contribution in [-0.2, 0) is 0 Å². The van der Waals surface area contributed by atoms with E-state index >= 15 is 0 Å². The van der Waals surface area contributed by atoms with Crippen molar-refractivity contribution in [2.75, 3.05) is 11.9 Å². The third-order valence-corrected chi connectivity index (χ3v) is 6.23. The fourth-order valence-electron chi connectivity index (χ4n) is 4.77. The maximum absolute atomic E-state index is 10.5. The zero-order valence-electron chi connectivity index (χ0n) is 17.1. The van der Waals surface area contributed by atoms with E-state index in [2.05, 4.69) is 25.8 Å². The number of aromatic nitrogens is 3. The molecule has 0 amide bonds. The normalized spacial score (nSPS) is 23.3. The van der Waals surface area contributed by atoms with Crippen LogP contribution in [0.15, 0.2) is 40.9 Å². The minimum atomic E-state index is 0.137. The fourth-order valence-corrected chi connectivity index (χ4v) is 4.77. The molecule has 156 valence electrons. The third-order valence-electron chi connectivity index (χ3n) is 6.23. The average Bonchev–Trinajstić information content (AvgIpc) is 3.19. The molecule has 2 bridgehead atoms. The van der Waals surface area contributed by atoms with Crippen LogP contribution in [0.25, 0.3) is 22.6 Å². The topological polar surface area (TPSA) is 96.1 Å². The summed E-state index contributed by atoms with van der Waals surface area (Å²) in [5, 5.41) is 26.3. The van der Waals surface area contributed by atoms with Crippen molar-refractivity contribution < 1.29 is 9.52 Å². The predicted octanol–water partition coefficient (Wildman–Crippen LogP) is 4.15. The van der Waals surface area contributed by atoms with Gasteiger partial charge in [-0.1, -0.05) is 12.5 Å². The Morgan fingerprint density at radius 3 is 2.63 bits per heavy atom. The number of phenols is 1. The Bertz CT molecular complexity index is 1000. The lowest BCUT2D eigenvalue weighted by molar-refractivity contribution is 0.192. The van der Waals surface area contributed by atoms with Crippen molar-refractivity contribution in [3.05, 3.63) is 42.4 Å². The van der Waals surface area contributed by atoms with Gasteiger partial charge in [-0.3, -0.25) is 0 Å². The van der Waals surface area contributed by atoms with Gasteiger partial charge in [0.2, 0.25) is 0 Å². The maximum Gasteiger partial charge on any atom is 0.191 e. The number of hydrogen-bond acceptors (Lipinski definition) is 7. The molecule has 2 aliphatic rings. The monoisotopic (exact) mass is 405 g/mol. The molecular weight excluding hydrogens is 378 g/mol. The summed E-state index contributed by atoms with van der Waals surface area (Å²) in [6.07, 6.45) is 8.10. The number of oxazole rings is 1. The average molecular weight is 406 g/mol. The standard InChI is InChI=1S/C23H27N5O2/c1-14-24-13-22(30-14)16-5-6-19(21(29)11-16)20-7-8-23(28-27-20)25-12-15-9-17-3-2-4-18(10-15)26-17/h5-8,11,13,15,17-18,26,29H,2-4,9-10,12H2,1H3,(H,25,28). The van der Waals surface area contributed by atoms with Crippen LogP contribution >= 0.6 is 0 Å². The Balaban J connectivity index is 1.24. The molecule has 2 aliphatic heterocycles. The quantitative estimate of drug-likeness (QED) is 0.587. The summed E-state index contributed by atoms with van der Waals surface area (Å²) in [7, 11) is 0. The maximum atomic E-state index is 10.5. The van der Waals surface area contributed by atoms with Crippen molar-refractivity contribution in [2.24, 2.45) is 5.92 Å². The lowest BCUT2D eigenvalue weighted by Gasteiger charge is -2.40. The SMILES string of the molecule is Cc1ncc(-c2ccc(-c3ccc(NCC4CC5CCCC(C4)N5)nn3)c(O)c2)o1. The van der Waals surface area contributed by atoms with Gasteiger partial charge in [0.25, 0.3) is 0 Å². The zero-order chi connectivity index (χ0) is 20.5. The van der Waals surface area contributed by atoms with Crippen LogP contribution in [0.5, 0.6) is 5.75 Å². The lowest BCUT2D eigenvalue weighted by Crippen LogP contribution is -2.49. The van der Waals surface area contributed by atoms with Gasteiger partial charge >= 0.3 is 0 Å². The molecule has 30 heavy (non-hydrogen) atoms. The highest BCUT2D eigenvalue weighted by atomic mass is 16.4. The number of nitrogens with one attached hydrogen (secondary N) is 2. The van der Waals surface area contributed by atoms with Crippen molar-refractivity contribution >= 4 is 5.82 Å². The number of nitrogens with zero attached hydrogens (tertiary/aromatic N) is 3. The third kappa shape index (κ3) is 4.03. The molecule has 0 radical (unpaired) electrons. The first kappa shape index (κ1) is 19.1.